The maximum atomic E-state index is 14.4. The van der Waals surface area contributed by atoms with Crippen LogP contribution in [0.1, 0.15) is 17.2 Å². The Morgan fingerprint density at radius 1 is 1.00 bits per heavy atom. The van der Waals surface area contributed by atoms with Gasteiger partial charge in [0.1, 0.15) is 11.6 Å². The molecule has 0 aromatic heterocycles. The normalized spacial score (nSPS) is 17.4. The number of rotatable bonds is 3. The number of nitrogens with one attached hydrogen (secondary N) is 1. The van der Waals surface area contributed by atoms with E-state index in [1.165, 1.54) is 6.07 Å². The summed E-state index contributed by atoms with van der Waals surface area (Å²) in [6.45, 7) is 3.37. The second-order valence-corrected chi connectivity index (χ2v) is 6.23. The SMILES string of the molecule is Fc1ccc(C(c2ccccc2Br)N2CCNCC2)c(F)c1. The second kappa shape index (κ2) is 6.86. The Balaban J connectivity index is 2.08. The first-order valence-electron chi connectivity index (χ1n) is 7.31. The third-order valence-corrected chi connectivity index (χ3v) is 4.70. The molecule has 1 atom stereocenters. The van der Waals surface area contributed by atoms with Crippen LogP contribution < -0.4 is 5.32 Å². The van der Waals surface area contributed by atoms with Gasteiger partial charge in [0.05, 0.1) is 6.04 Å². The first-order chi connectivity index (χ1) is 10.7. The van der Waals surface area contributed by atoms with E-state index in [1.807, 2.05) is 24.3 Å². The minimum absolute atomic E-state index is 0.224. The quantitative estimate of drug-likeness (QED) is 0.890. The summed E-state index contributed by atoms with van der Waals surface area (Å²) in [5.41, 5.74) is 1.50. The van der Waals surface area contributed by atoms with Crippen molar-refractivity contribution in [2.75, 3.05) is 26.2 Å². The largest absolute Gasteiger partial charge is 0.314 e. The predicted molar refractivity (Wildman–Crippen MR) is 86.8 cm³/mol. The number of hydrogen-bond donors (Lipinski definition) is 1. The molecule has 2 nitrogen and oxygen atoms in total. The van der Waals surface area contributed by atoms with Gasteiger partial charge in [-0.2, -0.15) is 0 Å². The lowest BCUT2D eigenvalue weighted by Crippen LogP contribution is -2.45. The predicted octanol–water partition coefficient (Wildman–Crippen LogP) is 3.72. The molecule has 0 spiro atoms. The minimum Gasteiger partial charge on any atom is -0.314 e. The molecule has 1 heterocycles. The Morgan fingerprint density at radius 2 is 1.73 bits per heavy atom. The highest BCUT2D eigenvalue weighted by molar-refractivity contribution is 9.10. The molecule has 5 heteroatoms. The van der Waals surface area contributed by atoms with Crippen molar-refractivity contribution in [2.24, 2.45) is 0 Å². The molecule has 2 aromatic rings. The Morgan fingerprint density at radius 3 is 2.41 bits per heavy atom. The molecule has 2 aromatic carbocycles. The molecule has 0 saturated carbocycles. The molecular formula is C17H17BrF2N2. The Labute approximate surface area is 137 Å². The molecule has 0 radical (unpaired) electrons. The van der Waals surface area contributed by atoms with Gasteiger partial charge in [0.2, 0.25) is 0 Å². The molecule has 1 saturated heterocycles. The van der Waals surface area contributed by atoms with Crippen LogP contribution in [-0.4, -0.2) is 31.1 Å². The summed E-state index contributed by atoms with van der Waals surface area (Å²) in [6, 6.07) is 11.4. The molecule has 1 unspecified atom stereocenters. The van der Waals surface area contributed by atoms with Crippen molar-refractivity contribution in [2.45, 2.75) is 6.04 Å². The number of piperazine rings is 1. The highest BCUT2D eigenvalue weighted by Gasteiger charge is 2.27. The lowest BCUT2D eigenvalue weighted by molar-refractivity contribution is 0.195. The van der Waals surface area contributed by atoms with Gasteiger partial charge >= 0.3 is 0 Å². The van der Waals surface area contributed by atoms with Crippen LogP contribution in [0.2, 0.25) is 0 Å². The van der Waals surface area contributed by atoms with Crippen molar-refractivity contribution in [3.63, 3.8) is 0 Å². The zero-order valence-corrected chi connectivity index (χ0v) is 13.6. The van der Waals surface area contributed by atoms with Crippen molar-refractivity contribution < 1.29 is 8.78 Å². The van der Waals surface area contributed by atoms with E-state index in [1.54, 1.807) is 6.07 Å². The topological polar surface area (TPSA) is 15.3 Å². The zero-order chi connectivity index (χ0) is 15.5. The smallest absolute Gasteiger partial charge is 0.131 e. The molecular weight excluding hydrogens is 350 g/mol. The van der Waals surface area contributed by atoms with Gasteiger partial charge in [0.15, 0.2) is 0 Å². The number of hydrogen-bond acceptors (Lipinski definition) is 2. The van der Waals surface area contributed by atoms with E-state index in [4.69, 9.17) is 0 Å². The van der Waals surface area contributed by atoms with Crippen molar-refractivity contribution >= 4 is 15.9 Å². The summed E-state index contributed by atoms with van der Waals surface area (Å²) < 4.78 is 28.6. The summed E-state index contributed by atoms with van der Waals surface area (Å²) >= 11 is 3.56. The maximum Gasteiger partial charge on any atom is 0.131 e. The van der Waals surface area contributed by atoms with E-state index in [2.05, 4.69) is 26.1 Å². The van der Waals surface area contributed by atoms with Crippen LogP contribution in [0.4, 0.5) is 8.78 Å². The van der Waals surface area contributed by atoms with E-state index in [0.717, 1.165) is 42.3 Å². The fourth-order valence-corrected chi connectivity index (χ4v) is 3.42. The second-order valence-electron chi connectivity index (χ2n) is 5.38. The molecule has 22 heavy (non-hydrogen) atoms. The van der Waals surface area contributed by atoms with Gasteiger partial charge in [0.25, 0.3) is 0 Å². The van der Waals surface area contributed by atoms with E-state index < -0.39 is 11.6 Å². The van der Waals surface area contributed by atoms with E-state index in [9.17, 15) is 8.78 Å². The van der Waals surface area contributed by atoms with Gasteiger partial charge in [0, 0.05) is 42.3 Å². The summed E-state index contributed by atoms with van der Waals surface area (Å²) in [5.74, 6) is -1.05. The third kappa shape index (κ3) is 3.21. The van der Waals surface area contributed by atoms with Crippen molar-refractivity contribution in [3.8, 4) is 0 Å². The van der Waals surface area contributed by atoms with Gasteiger partial charge in [-0.1, -0.05) is 40.2 Å². The standard InChI is InChI=1S/C17H17BrF2N2/c18-15-4-2-1-3-13(15)17(22-9-7-21-8-10-22)14-6-5-12(19)11-16(14)20/h1-6,11,17,21H,7-10H2. The molecule has 0 aliphatic carbocycles. The number of nitrogens with zero attached hydrogens (tertiary/aromatic N) is 1. The lowest BCUT2D eigenvalue weighted by Gasteiger charge is -2.36. The van der Waals surface area contributed by atoms with Crippen LogP contribution in [0, 0.1) is 11.6 Å². The maximum absolute atomic E-state index is 14.4. The third-order valence-electron chi connectivity index (χ3n) is 3.97. The Kier molecular flexibility index (Phi) is 4.86. The van der Waals surface area contributed by atoms with Crippen LogP contribution in [0.25, 0.3) is 0 Å². The van der Waals surface area contributed by atoms with E-state index in [0.29, 0.717) is 5.56 Å². The zero-order valence-electron chi connectivity index (χ0n) is 12.0. The van der Waals surface area contributed by atoms with Crippen LogP contribution >= 0.6 is 15.9 Å². The van der Waals surface area contributed by atoms with Gasteiger partial charge in [-0.15, -0.1) is 0 Å². The van der Waals surface area contributed by atoms with Crippen molar-refractivity contribution in [3.05, 3.63) is 69.7 Å². The molecule has 1 aliphatic rings. The molecule has 1 N–H and O–H groups in total. The molecule has 1 aliphatic heterocycles. The van der Waals surface area contributed by atoms with E-state index >= 15 is 0 Å². The summed E-state index contributed by atoms with van der Waals surface area (Å²) in [4.78, 5) is 2.23. The first-order valence-corrected chi connectivity index (χ1v) is 8.10. The fraction of sp³-hybridized carbons (Fsp3) is 0.294. The fourth-order valence-electron chi connectivity index (χ4n) is 2.92. The van der Waals surface area contributed by atoms with Crippen LogP contribution in [0.5, 0.6) is 0 Å². The average Bonchev–Trinajstić information content (AvgIpc) is 2.52. The van der Waals surface area contributed by atoms with Crippen LogP contribution in [0.15, 0.2) is 46.9 Å². The molecule has 1 fully saturated rings. The average molecular weight is 367 g/mol. The summed E-state index contributed by atoms with van der Waals surface area (Å²) in [5, 5.41) is 3.30. The van der Waals surface area contributed by atoms with Crippen molar-refractivity contribution in [1.29, 1.82) is 0 Å². The van der Waals surface area contributed by atoms with Gasteiger partial charge in [-0.3, -0.25) is 4.90 Å². The minimum atomic E-state index is -0.549. The van der Waals surface area contributed by atoms with Gasteiger partial charge in [-0.05, 0) is 17.7 Å². The molecule has 0 bridgehead atoms. The molecule has 0 amide bonds. The number of halogens is 3. The lowest BCUT2D eigenvalue weighted by atomic mass is 9.96. The molecule has 3 rings (SSSR count). The van der Waals surface area contributed by atoms with Gasteiger partial charge in [-0.25, -0.2) is 8.78 Å². The number of benzene rings is 2. The van der Waals surface area contributed by atoms with Crippen LogP contribution in [0.3, 0.4) is 0 Å². The molecule has 116 valence electrons. The van der Waals surface area contributed by atoms with Crippen molar-refractivity contribution in [1.82, 2.24) is 10.2 Å². The van der Waals surface area contributed by atoms with Gasteiger partial charge < -0.3 is 5.32 Å². The highest BCUT2D eigenvalue weighted by atomic mass is 79.9. The Bertz CT molecular complexity index is 657. The first kappa shape index (κ1) is 15.6. The summed E-state index contributed by atoms with van der Waals surface area (Å²) in [7, 11) is 0. The van der Waals surface area contributed by atoms with Crippen LogP contribution in [-0.2, 0) is 0 Å². The summed E-state index contributed by atoms with van der Waals surface area (Å²) in [6.07, 6.45) is 0. The Hall–Kier alpha value is -1.30. The van der Waals surface area contributed by atoms with E-state index in [-0.39, 0.29) is 6.04 Å². The monoisotopic (exact) mass is 366 g/mol. The highest BCUT2D eigenvalue weighted by Crippen LogP contribution is 2.35.